The minimum atomic E-state index is 0.179. The molecule has 2 aromatic carbocycles. The molecule has 108 valence electrons. The number of halogens is 3. The monoisotopic (exact) mass is 426 g/mol. The Kier molecular flexibility index (Phi) is 4.38. The van der Waals surface area contributed by atoms with E-state index in [1.807, 2.05) is 12.1 Å². The third-order valence-corrected chi connectivity index (χ3v) is 4.84. The number of hydrogen-bond donors (Lipinski definition) is 0. The van der Waals surface area contributed by atoms with Gasteiger partial charge in [0, 0.05) is 8.95 Å². The molecule has 0 N–H and O–H groups in total. The number of alkyl halides is 1. The largest absolute Gasteiger partial charge is 0.320 e. The molecule has 3 rings (SSSR count). The van der Waals surface area contributed by atoms with Crippen molar-refractivity contribution in [3.05, 3.63) is 62.8 Å². The number of rotatable bonds is 3. The Bertz CT molecular complexity index is 781. The van der Waals surface area contributed by atoms with Gasteiger partial charge in [-0.05, 0) is 42.8 Å². The van der Waals surface area contributed by atoms with Crippen molar-refractivity contribution in [1.82, 2.24) is 9.55 Å². The third kappa shape index (κ3) is 2.89. The summed E-state index contributed by atoms with van der Waals surface area (Å²) < 4.78 is 4.31. The molecule has 0 saturated heterocycles. The fourth-order valence-corrected chi connectivity index (χ4v) is 3.34. The molecule has 0 amide bonds. The highest BCUT2D eigenvalue weighted by Gasteiger charge is 2.16. The Hall–Kier alpha value is -0.840. The molecule has 0 aliphatic carbocycles. The summed E-state index contributed by atoms with van der Waals surface area (Å²) in [6, 6.07) is 14.7. The summed E-state index contributed by atoms with van der Waals surface area (Å²) in [5.41, 5.74) is 3.29. The van der Waals surface area contributed by atoms with Crippen LogP contribution in [0.15, 0.2) is 51.4 Å². The number of imidazole rings is 1. The van der Waals surface area contributed by atoms with Crippen LogP contribution in [0.1, 0.15) is 24.4 Å². The van der Waals surface area contributed by atoms with E-state index in [2.05, 4.69) is 78.7 Å². The lowest BCUT2D eigenvalue weighted by Crippen LogP contribution is -2.09. The average Bonchev–Trinajstić information content (AvgIpc) is 2.84. The van der Waals surface area contributed by atoms with Crippen LogP contribution in [0.2, 0.25) is 0 Å². The predicted octanol–water partition coefficient (Wildman–Crippen LogP) is 5.91. The molecule has 21 heavy (non-hydrogen) atoms. The Balaban J connectivity index is 2.16. The van der Waals surface area contributed by atoms with Crippen LogP contribution in [-0.4, -0.2) is 9.55 Å². The van der Waals surface area contributed by atoms with Crippen molar-refractivity contribution in [1.29, 1.82) is 0 Å². The summed E-state index contributed by atoms with van der Waals surface area (Å²) in [5, 5.41) is 0. The molecule has 1 heterocycles. The topological polar surface area (TPSA) is 17.8 Å². The summed E-state index contributed by atoms with van der Waals surface area (Å²) in [6.45, 7) is 2.17. The maximum absolute atomic E-state index is 6.10. The maximum Gasteiger partial charge on any atom is 0.125 e. The first-order valence-corrected chi connectivity index (χ1v) is 8.70. The normalized spacial score (nSPS) is 12.8. The molecule has 1 aromatic heterocycles. The molecular weight excluding hydrogens is 415 g/mol. The second-order valence-corrected chi connectivity index (χ2v) is 6.99. The smallest absolute Gasteiger partial charge is 0.125 e. The number of aromatic nitrogens is 2. The van der Waals surface area contributed by atoms with Crippen LogP contribution in [0.5, 0.6) is 0 Å². The molecule has 2 nitrogen and oxygen atoms in total. The molecule has 0 aliphatic heterocycles. The molecule has 0 aliphatic rings. The molecule has 3 aromatic rings. The lowest BCUT2D eigenvalue weighted by atomic mass is 10.1. The number of hydrogen-bond acceptors (Lipinski definition) is 1. The van der Waals surface area contributed by atoms with Gasteiger partial charge >= 0.3 is 0 Å². The lowest BCUT2D eigenvalue weighted by molar-refractivity contribution is 0.634. The van der Waals surface area contributed by atoms with E-state index in [0.717, 1.165) is 25.8 Å². The molecule has 0 fully saturated rings. The Labute approximate surface area is 145 Å². The molecule has 0 radical (unpaired) electrons. The number of fused-ring (bicyclic) bond motifs is 1. The minimum absolute atomic E-state index is 0.179. The van der Waals surface area contributed by atoms with Gasteiger partial charge in [-0.1, -0.05) is 44.0 Å². The van der Waals surface area contributed by atoms with Crippen molar-refractivity contribution in [2.24, 2.45) is 0 Å². The number of benzene rings is 2. The quantitative estimate of drug-likeness (QED) is 0.474. The molecule has 0 bridgehead atoms. The van der Waals surface area contributed by atoms with Gasteiger partial charge in [-0.25, -0.2) is 4.98 Å². The van der Waals surface area contributed by atoms with Crippen LogP contribution in [0.3, 0.4) is 0 Å². The van der Waals surface area contributed by atoms with Crippen molar-refractivity contribution in [3.63, 3.8) is 0 Å². The van der Waals surface area contributed by atoms with Gasteiger partial charge in [0.15, 0.2) is 0 Å². The Morgan fingerprint density at radius 1 is 1.10 bits per heavy atom. The van der Waals surface area contributed by atoms with E-state index in [-0.39, 0.29) is 6.04 Å². The van der Waals surface area contributed by atoms with Crippen LogP contribution in [-0.2, 0) is 5.88 Å². The standard InChI is InChI=1S/C16H13Br2ClN2/c1-10(11-2-4-12(17)5-3-11)21-15-7-6-13(18)8-14(15)20-16(21)9-19/h2-8,10H,9H2,1H3. The van der Waals surface area contributed by atoms with Crippen LogP contribution >= 0.6 is 43.5 Å². The molecule has 0 saturated carbocycles. The average molecular weight is 429 g/mol. The highest BCUT2D eigenvalue weighted by atomic mass is 79.9. The molecular formula is C16H13Br2ClN2. The van der Waals surface area contributed by atoms with Gasteiger partial charge in [0.25, 0.3) is 0 Å². The van der Waals surface area contributed by atoms with Gasteiger partial charge in [0.2, 0.25) is 0 Å². The highest BCUT2D eigenvalue weighted by molar-refractivity contribution is 9.10. The van der Waals surface area contributed by atoms with E-state index in [1.54, 1.807) is 0 Å². The van der Waals surface area contributed by atoms with Crippen LogP contribution in [0.25, 0.3) is 11.0 Å². The summed E-state index contributed by atoms with van der Waals surface area (Å²) in [6.07, 6.45) is 0. The Morgan fingerprint density at radius 3 is 2.43 bits per heavy atom. The van der Waals surface area contributed by atoms with Gasteiger partial charge in [0.1, 0.15) is 5.82 Å². The van der Waals surface area contributed by atoms with Gasteiger partial charge in [-0.3, -0.25) is 0 Å². The fraction of sp³-hybridized carbons (Fsp3) is 0.188. The molecule has 0 spiro atoms. The van der Waals surface area contributed by atoms with Gasteiger partial charge in [0.05, 0.1) is 23.0 Å². The van der Waals surface area contributed by atoms with Crippen LogP contribution in [0.4, 0.5) is 0 Å². The van der Waals surface area contributed by atoms with Gasteiger partial charge in [-0.15, -0.1) is 11.6 Å². The zero-order valence-electron chi connectivity index (χ0n) is 11.4. The summed E-state index contributed by atoms with van der Waals surface area (Å²) in [7, 11) is 0. The first kappa shape index (κ1) is 15.1. The maximum atomic E-state index is 6.10. The predicted molar refractivity (Wildman–Crippen MR) is 94.9 cm³/mol. The van der Waals surface area contributed by atoms with Crippen LogP contribution in [0, 0.1) is 0 Å². The lowest BCUT2D eigenvalue weighted by Gasteiger charge is -2.17. The van der Waals surface area contributed by atoms with Gasteiger partial charge in [-0.2, -0.15) is 0 Å². The first-order valence-electron chi connectivity index (χ1n) is 6.58. The van der Waals surface area contributed by atoms with Gasteiger partial charge < -0.3 is 4.57 Å². The third-order valence-electron chi connectivity index (χ3n) is 3.58. The van der Waals surface area contributed by atoms with E-state index in [0.29, 0.717) is 5.88 Å². The molecule has 5 heteroatoms. The summed E-state index contributed by atoms with van der Waals surface area (Å²) >= 11 is 13.1. The molecule has 1 unspecified atom stereocenters. The summed E-state index contributed by atoms with van der Waals surface area (Å²) in [4.78, 5) is 4.65. The first-order chi connectivity index (χ1) is 10.1. The van der Waals surface area contributed by atoms with Crippen molar-refractivity contribution >= 4 is 54.5 Å². The van der Waals surface area contributed by atoms with Crippen molar-refractivity contribution < 1.29 is 0 Å². The number of nitrogens with zero attached hydrogens (tertiary/aromatic N) is 2. The van der Waals surface area contributed by atoms with E-state index in [1.165, 1.54) is 5.56 Å². The van der Waals surface area contributed by atoms with E-state index < -0.39 is 0 Å². The van der Waals surface area contributed by atoms with E-state index in [4.69, 9.17) is 11.6 Å². The Morgan fingerprint density at radius 2 is 1.76 bits per heavy atom. The highest BCUT2D eigenvalue weighted by Crippen LogP contribution is 2.29. The van der Waals surface area contributed by atoms with Crippen molar-refractivity contribution in [2.45, 2.75) is 18.8 Å². The molecule has 1 atom stereocenters. The zero-order chi connectivity index (χ0) is 15.0. The second-order valence-electron chi connectivity index (χ2n) is 4.89. The van der Waals surface area contributed by atoms with Crippen LogP contribution < -0.4 is 0 Å². The second kappa shape index (κ2) is 6.11. The van der Waals surface area contributed by atoms with E-state index in [9.17, 15) is 0 Å². The zero-order valence-corrected chi connectivity index (χ0v) is 15.3. The SMILES string of the molecule is CC(c1ccc(Br)cc1)n1c(CCl)nc2cc(Br)ccc21. The fourth-order valence-electron chi connectivity index (χ4n) is 2.54. The van der Waals surface area contributed by atoms with Crippen molar-refractivity contribution in [2.75, 3.05) is 0 Å². The van der Waals surface area contributed by atoms with E-state index >= 15 is 0 Å². The van der Waals surface area contributed by atoms with Crippen molar-refractivity contribution in [3.8, 4) is 0 Å². The summed E-state index contributed by atoms with van der Waals surface area (Å²) in [5.74, 6) is 1.29. The minimum Gasteiger partial charge on any atom is -0.320 e.